The molecule has 0 radical (unpaired) electrons. The molecular formula is C17H27N. The molecule has 1 saturated carbocycles. The molecule has 0 spiro atoms. The minimum absolute atomic E-state index is 0.892. The molecule has 1 nitrogen and oxygen atoms in total. The van der Waals surface area contributed by atoms with Crippen molar-refractivity contribution in [3.8, 4) is 0 Å². The maximum absolute atomic E-state index is 3.68. The molecule has 1 aromatic rings. The molecule has 0 aliphatic heterocycles. The first-order valence-electron chi connectivity index (χ1n) is 7.44. The van der Waals surface area contributed by atoms with Crippen molar-refractivity contribution in [1.29, 1.82) is 0 Å². The summed E-state index contributed by atoms with van der Waals surface area (Å²) in [7, 11) is 0. The maximum Gasteiger partial charge on any atom is 0.0210 e. The molecule has 1 aliphatic carbocycles. The third-order valence-electron chi connectivity index (χ3n) is 4.64. The number of nitrogens with one attached hydrogen (secondary N) is 1. The Morgan fingerprint density at radius 3 is 2.44 bits per heavy atom. The van der Waals surface area contributed by atoms with Crippen molar-refractivity contribution in [3.63, 3.8) is 0 Å². The second-order valence-electron chi connectivity index (χ2n) is 6.02. The minimum Gasteiger partial charge on any atom is -0.312 e. The smallest absolute Gasteiger partial charge is 0.0210 e. The van der Waals surface area contributed by atoms with E-state index in [1.54, 1.807) is 0 Å². The van der Waals surface area contributed by atoms with E-state index >= 15 is 0 Å². The van der Waals surface area contributed by atoms with Crippen LogP contribution in [-0.4, -0.2) is 6.54 Å². The Kier molecular flexibility index (Phi) is 4.82. The average molecular weight is 245 g/mol. The standard InChI is InChI=1S/C17H27N/c1-13-7-4-5-10-16(13)11-18-12-17-14(2)8-6-9-15(17)3/h6,8-9,13,16,18H,4-5,7,10-12H2,1-3H3. The summed E-state index contributed by atoms with van der Waals surface area (Å²) >= 11 is 0. The summed E-state index contributed by atoms with van der Waals surface area (Å²) < 4.78 is 0. The van der Waals surface area contributed by atoms with Crippen LogP contribution in [0.5, 0.6) is 0 Å². The highest BCUT2D eigenvalue weighted by Gasteiger charge is 2.20. The summed E-state index contributed by atoms with van der Waals surface area (Å²) in [4.78, 5) is 0. The highest BCUT2D eigenvalue weighted by Crippen LogP contribution is 2.29. The van der Waals surface area contributed by atoms with Gasteiger partial charge in [0.15, 0.2) is 0 Å². The summed E-state index contributed by atoms with van der Waals surface area (Å²) in [6.07, 6.45) is 5.71. The first kappa shape index (κ1) is 13.6. The lowest BCUT2D eigenvalue weighted by molar-refractivity contribution is 0.247. The van der Waals surface area contributed by atoms with E-state index in [1.807, 2.05) is 0 Å². The van der Waals surface area contributed by atoms with Crippen molar-refractivity contribution < 1.29 is 0 Å². The van der Waals surface area contributed by atoms with Crippen LogP contribution < -0.4 is 5.32 Å². The van der Waals surface area contributed by atoms with E-state index in [2.05, 4.69) is 44.3 Å². The van der Waals surface area contributed by atoms with Crippen LogP contribution in [0.25, 0.3) is 0 Å². The van der Waals surface area contributed by atoms with Crippen LogP contribution in [0.15, 0.2) is 18.2 Å². The van der Waals surface area contributed by atoms with Crippen LogP contribution in [0, 0.1) is 25.7 Å². The Morgan fingerprint density at radius 2 is 1.78 bits per heavy atom. The molecule has 1 fully saturated rings. The lowest BCUT2D eigenvalue weighted by atomic mass is 9.80. The number of hydrogen-bond donors (Lipinski definition) is 1. The molecule has 1 heteroatoms. The maximum atomic E-state index is 3.68. The lowest BCUT2D eigenvalue weighted by Gasteiger charge is -2.29. The van der Waals surface area contributed by atoms with Gasteiger partial charge in [0.25, 0.3) is 0 Å². The van der Waals surface area contributed by atoms with Gasteiger partial charge in [-0.25, -0.2) is 0 Å². The molecular weight excluding hydrogens is 218 g/mol. The number of aryl methyl sites for hydroxylation is 2. The van der Waals surface area contributed by atoms with E-state index in [-0.39, 0.29) is 0 Å². The first-order chi connectivity index (χ1) is 8.68. The molecule has 0 amide bonds. The molecule has 0 bridgehead atoms. The zero-order chi connectivity index (χ0) is 13.0. The number of rotatable bonds is 4. The SMILES string of the molecule is Cc1cccc(C)c1CNCC1CCCCC1C. The molecule has 18 heavy (non-hydrogen) atoms. The van der Waals surface area contributed by atoms with Crippen LogP contribution in [0.1, 0.15) is 49.3 Å². The Labute approximate surface area is 112 Å². The second kappa shape index (κ2) is 6.38. The molecule has 2 unspecified atom stereocenters. The van der Waals surface area contributed by atoms with Crippen molar-refractivity contribution in [1.82, 2.24) is 5.32 Å². The normalized spacial score (nSPS) is 24.2. The van der Waals surface area contributed by atoms with Gasteiger partial charge in [0.05, 0.1) is 0 Å². The fourth-order valence-corrected chi connectivity index (χ4v) is 3.21. The van der Waals surface area contributed by atoms with E-state index in [4.69, 9.17) is 0 Å². The molecule has 2 rings (SSSR count). The van der Waals surface area contributed by atoms with Crippen LogP contribution in [-0.2, 0) is 6.54 Å². The predicted molar refractivity (Wildman–Crippen MR) is 78.7 cm³/mol. The van der Waals surface area contributed by atoms with Crippen LogP contribution in [0.4, 0.5) is 0 Å². The molecule has 0 saturated heterocycles. The molecule has 0 heterocycles. The molecule has 0 aromatic heterocycles. The van der Waals surface area contributed by atoms with Crippen molar-refractivity contribution in [2.45, 2.75) is 53.0 Å². The number of benzene rings is 1. The van der Waals surface area contributed by atoms with Gasteiger partial charge in [0, 0.05) is 6.54 Å². The fraction of sp³-hybridized carbons (Fsp3) is 0.647. The summed E-state index contributed by atoms with van der Waals surface area (Å²) in [5, 5.41) is 3.68. The van der Waals surface area contributed by atoms with E-state index in [0.717, 1.165) is 18.4 Å². The summed E-state index contributed by atoms with van der Waals surface area (Å²) in [6, 6.07) is 6.58. The third kappa shape index (κ3) is 3.35. The van der Waals surface area contributed by atoms with Crippen LogP contribution in [0.3, 0.4) is 0 Å². The zero-order valence-electron chi connectivity index (χ0n) is 12.1. The van der Waals surface area contributed by atoms with Gasteiger partial charge < -0.3 is 5.32 Å². The first-order valence-corrected chi connectivity index (χ1v) is 7.44. The van der Waals surface area contributed by atoms with E-state index in [0.29, 0.717) is 0 Å². The molecule has 1 aliphatic rings. The highest BCUT2D eigenvalue weighted by atomic mass is 14.9. The van der Waals surface area contributed by atoms with Gasteiger partial charge in [-0.15, -0.1) is 0 Å². The monoisotopic (exact) mass is 245 g/mol. The average Bonchev–Trinajstić information content (AvgIpc) is 2.35. The third-order valence-corrected chi connectivity index (χ3v) is 4.64. The second-order valence-corrected chi connectivity index (χ2v) is 6.02. The highest BCUT2D eigenvalue weighted by molar-refractivity contribution is 5.33. The van der Waals surface area contributed by atoms with Crippen molar-refractivity contribution >= 4 is 0 Å². The van der Waals surface area contributed by atoms with Crippen molar-refractivity contribution in [2.24, 2.45) is 11.8 Å². The fourth-order valence-electron chi connectivity index (χ4n) is 3.21. The van der Waals surface area contributed by atoms with Gasteiger partial charge >= 0.3 is 0 Å². The zero-order valence-corrected chi connectivity index (χ0v) is 12.1. The van der Waals surface area contributed by atoms with E-state index in [1.165, 1.54) is 48.9 Å². The minimum atomic E-state index is 0.892. The van der Waals surface area contributed by atoms with Gasteiger partial charge in [0.1, 0.15) is 0 Å². The molecule has 1 aromatic carbocycles. The predicted octanol–water partition coefficient (Wildman–Crippen LogP) is 4.22. The van der Waals surface area contributed by atoms with Gasteiger partial charge in [-0.2, -0.15) is 0 Å². The number of hydrogen-bond acceptors (Lipinski definition) is 1. The topological polar surface area (TPSA) is 12.0 Å². The quantitative estimate of drug-likeness (QED) is 0.837. The Bertz CT molecular complexity index is 363. The summed E-state index contributed by atoms with van der Waals surface area (Å²) in [6.45, 7) is 9.07. The van der Waals surface area contributed by atoms with Gasteiger partial charge in [-0.1, -0.05) is 44.4 Å². The van der Waals surface area contributed by atoms with Crippen LogP contribution in [0.2, 0.25) is 0 Å². The van der Waals surface area contributed by atoms with Crippen molar-refractivity contribution in [2.75, 3.05) is 6.54 Å². The Hall–Kier alpha value is -0.820. The largest absolute Gasteiger partial charge is 0.312 e. The Balaban J connectivity index is 1.84. The van der Waals surface area contributed by atoms with Crippen molar-refractivity contribution in [3.05, 3.63) is 34.9 Å². The molecule has 2 atom stereocenters. The van der Waals surface area contributed by atoms with Crippen LogP contribution >= 0.6 is 0 Å². The molecule has 100 valence electrons. The lowest BCUT2D eigenvalue weighted by Crippen LogP contribution is -2.29. The molecule has 1 N–H and O–H groups in total. The van der Waals surface area contributed by atoms with Gasteiger partial charge in [-0.05, 0) is 55.3 Å². The van der Waals surface area contributed by atoms with Gasteiger partial charge in [0.2, 0.25) is 0 Å². The van der Waals surface area contributed by atoms with E-state index < -0.39 is 0 Å². The van der Waals surface area contributed by atoms with E-state index in [9.17, 15) is 0 Å². The Morgan fingerprint density at radius 1 is 1.11 bits per heavy atom. The summed E-state index contributed by atoms with van der Waals surface area (Å²) in [5.74, 6) is 1.80. The van der Waals surface area contributed by atoms with Gasteiger partial charge in [-0.3, -0.25) is 0 Å². The summed E-state index contributed by atoms with van der Waals surface area (Å²) in [5.41, 5.74) is 4.32.